The van der Waals surface area contributed by atoms with Gasteiger partial charge in [-0.05, 0) is 49.2 Å². The summed E-state index contributed by atoms with van der Waals surface area (Å²) in [6.45, 7) is 13.9. The zero-order valence-electron chi connectivity index (χ0n) is 21.1. The molecule has 9 nitrogen and oxygen atoms in total. The van der Waals surface area contributed by atoms with Crippen molar-refractivity contribution in [3.05, 3.63) is 47.8 Å². The number of pyridine rings is 2. The van der Waals surface area contributed by atoms with E-state index in [2.05, 4.69) is 70.6 Å². The third kappa shape index (κ3) is 9.70. The Bertz CT molecular complexity index is 746. The molecule has 0 atom stereocenters. The number of hydrogen-bond donors (Lipinski definition) is 5. The zero-order chi connectivity index (χ0) is 24.0. The highest BCUT2D eigenvalue weighted by Gasteiger charge is 2.11. The van der Waals surface area contributed by atoms with Gasteiger partial charge in [0, 0.05) is 90.9 Å². The maximum absolute atomic E-state index is 4.64. The quantitative estimate of drug-likeness (QED) is 0.380. The molecule has 1 saturated heterocycles. The number of aromatic nitrogens is 2. The van der Waals surface area contributed by atoms with Gasteiger partial charge in [-0.1, -0.05) is 12.1 Å². The summed E-state index contributed by atoms with van der Waals surface area (Å²) in [7, 11) is 0. The number of nitrogens with one attached hydrogen (secondary N) is 5. The maximum atomic E-state index is 4.64. The first-order valence-electron chi connectivity index (χ1n) is 13.3. The molecule has 1 fully saturated rings. The molecule has 35 heavy (non-hydrogen) atoms. The van der Waals surface area contributed by atoms with Crippen LogP contribution >= 0.6 is 0 Å². The van der Waals surface area contributed by atoms with Crippen molar-refractivity contribution >= 4 is 11.6 Å². The summed E-state index contributed by atoms with van der Waals surface area (Å²) in [6, 6.07) is 8.64. The van der Waals surface area contributed by atoms with Crippen LogP contribution in [0.5, 0.6) is 0 Å². The molecule has 0 amide bonds. The second-order valence-corrected chi connectivity index (χ2v) is 9.47. The van der Waals surface area contributed by atoms with Crippen LogP contribution in [0.3, 0.4) is 0 Å². The van der Waals surface area contributed by atoms with E-state index >= 15 is 0 Å². The minimum atomic E-state index is 0.925. The largest absolute Gasteiger partial charge is 0.370 e. The van der Waals surface area contributed by atoms with Gasteiger partial charge in [0.05, 0.1) is 0 Å². The number of anilines is 2. The lowest BCUT2D eigenvalue weighted by molar-refractivity contribution is 0.233. The highest BCUT2D eigenvalue weighted by molar-refractivity contribution is 5.36. The van der Waals surface area contributed by atoms with E-state index in [9.17, 15) is 0 Å². The molecule has 2 aromatic heterocycles. The Kier molecular flexibility index (Phi) is 11.0. The van der Waals surface area contributed by atoms with Crippen LogP contribution < -0.4 is 26.6 Å². The minimum Gasteiger partial charge on any atom is -0.370 e. The summed E-state index contributed by atoms with van der Waals surface area (Å²) < 4.78 is 0. The second kappa shape index (κ2) is 15.0. The van der Waals surface area contributed by atoms with Crippen LogP contribution in [0.2, 0.25) is 0 Å². The molecule has 8 heterocycles. The van der Waals surface area contributed by atoms with Crippen LogP contribution in [0, 0.1) is 0 Å². The van der Waals surface area contributed by atoms with E-state index in [4.69, 9.17) is 0 Å². The van der Waals surface area contributed by atoms with Gasteiger partial charge in [0.25, 0.3) is 0 Å². The van der Waals surface area contributed by atoms with Gasteiger partial charge in [-0.25, -0.2) is 9.97 Å². The molecule has 0 radical (unpaired) electrons. The lowest BCUT2D eigenvalue weighted by atomic mass is 10.2. The van der Waals surface area contributed by atoms with Crippen LogP contribution in [-0.2, 0) is 13.1 Å². The SMILES string of the molecule is c1cc2ncc1CN1CCNCCN(CCNCC1)Cc1ccc(nc1)NCCCNCCCN2. The summed E-state index contributed by atoms with van der Waals surface area (Å²) in [5, 5.41) is 17.7. The minimum absolute atomic E-state index is 0.925. The predicted octanol–water partition coefficient (Wildman–Crippen LogP) is 1.18. The molecule has 0 spiro atoms. The van der Waals surface area contributed by atoms with Crippen molar-refractivity contribution in [3.63, 3.8) is 0 Å². The number of hydrogen-bond acceptors (Lipinski definition) is 9. The molecule has 0 saturated carbocycles. The number of nitrogens with zero attached hydrogens (tertiary/aromatic N) is 4. The van der Waals surface area contributed by atoms with E-state index in [1.54, 1.807) is 0 Å². The fourth-order valence-electron chi connectivity index (χ4n) is 4.48. The molecule has 5 N–H and O–H groups in total. The molecule has 192 valence electrons. The molecular weight excluding hydrogens is 438 g/mol. The van der Waals surface area contributed by atoms with Crippen molar-refractivity contribution in [2.45, 2.75) is 25.9 Å². The Hall–Kier alpha value is -2.30. The van der Waals surface area contributed by atoms with Crippen LogP contribution in [-0.4, -0.2) is 98.3 Å². The Labute approximate surface area is 210 Å². The van der Waals surface area contributed by atoms with Crippen molar-refractivity contribution in [2.24, 2.45) is 0 Å². The fourth-order valence-corrected chi connectivity index (χ4v) is 4.48. The van der Waals surface area contributed by atoms with Crippen molar-refractivity contribution in [1.82, 2.24) is 35.7 Å². The fraction of sp³-hybridized carbons (Fsp3) is 0.615. The number of fused-ring (bicyclic) bond motifs is 4. The molecule has 0 aromatic carbocycles. The van der Waals surface area contributed by atoms with Gasteiger partial charge in [-0.15, -0.1) is 0 Å². The van der Waals surface area contributed by atoms with E-state index in [-0.39, 0.29) is 0 Å². The van der Waals surface area contributed by atoms with Crippen LogP contribution in [0.4, 0.5) is 11.6 Å². The molecule has 0 unspecified atom stereocenters. The van der Waals surface area contributed by atoms with Gasteiger partial charge in [0.1, 0.15) is 11.6 Å². The lowest BCUT2D eigenvalue weighted by Crippen LogP contribution is -2.42. The van der Waals surface area contributed by atoms with Crippen LogP contribution in [0.15, 0.2) is 36.7 Å². The highest BCUT2D eigenvalue weighted by atomic mass is 15.2. The van der Waals surface area contributed by atoms with Crippen LogP contribution in [0.1, 0.15) is 24.0 Å². The second-order valence-electron chi connectivity index (χ2n) is 9.47. The van der Waals surface area contributed by atoms with E-state index in [0.29, 0.717) is 0 Å². The standard InChI is InChI=1S/C26H43N9/c1-7-27-8-2-10-31-26-6-4-24(20-33-26)22-35-17-13-28-11-15-34(16-12-29-14-18-35)21-23-3-5-25(30-9-1)32-19-23/h3-6,19-20,27-29H,1-2,7-18,21-22H2,(H,30,32)(H,31,33). The summed E-state index contributed by atoms with van der Waals surface area (Å²) in [4.78, 5) is 14.3. The van der Waals surface area contributed by atoms with Crippen molar-refractivity contribution < 1.29 is 0 Å². The zero-order valence-corrected chi connectivity index (χ0v) is 21.1. The Morgan fingerprint density at radius 2 is 0.943 bits per heavy atom. The first kappa shape index (κ1) is 25.8. The first-order chi connectivity index (χ1) is 17.3. The third-order valence-corrected chi connectivity index (χ3v) is 6.55. The van der Waals surface area contributed by atoms with Gasteiger partial charge in [0.2, 0.25) is 0 Å². The van der Waals surface area contributed by atoms with Crippen molar-refractivity contribution in [3.8, 4) is 0 Å². The maximum Gasteiger partial charge on any atom is 0.125 e. The third-order valence-electron chi connectivity index (χ3n) is 6.55. The Morgan fingerprint density at radius 3 is 1.34 bits per heavy atom. The summed E-state index contributed by atoms with van der Waals surface area (Å²) in [6.07, 6.45) is 6.19. The van der Waals surface area contributed by atoms with Gasteiger partial charge < -0.3 is 26.6 Å². The molecular formula is C26H43N9. The Morgan fingerprint density at radius 1 is 0.514 bits per heavy atom. The van der Waals surface area contributed by atoms with E-state index in [1.807, 2.05) is 12.4 Å². The smallest absolute Gasteiger partial charge is 0.125 e. The molecule has 8 rings (SSSR count). The van der Waals surface area contributed by atoms with E-state index < -0.39 is 0 Å². The van der Waals surface area contributed by atoms with Gasteiger partial charge in [-0.2, -0.15) is 0 Å². The molecule has 2 aromatic rings. The summed E-state index contributed by atoms with van der Waals surface area (Å²) >= 11 is 0. The average molecular weight is 482 g/mol. The normalized spacial score (nSPS) is 24.0. The van der Waals surface area contributed by atoms with Crippen molar-refractivity contribution in [2.75, 3.05) is 89.2 Å². The summed E-state index contributed by atoms with van der Waals surface area (Å²) in [5.41, 5.74) is 2.54. The monoisotopic (exact) mass is 481 g/mol. The molecule has 6 aliphatic heterocycles. The Balaban J connectivity index is 1.37. The molecule has 9 heteroatoms. The summed E-state index contributed by atoms with van der Waals surface area (Å²) in [5.74, 6) is 1.92. The van der Waals surface area contributed by atoms with Gasteiger partial charge in [-0.3, -0.25) is 9.80 Å². The van der Waals surface area contributed by atoms with Crippen LogP contribution in [0.25, 0.3) is 0 Å². The molecule has 6 aliphatic rings. The molecule has 6 bridgehead atoms. The molecule has 0 aliphatic carbocycles. The van der Waals surface area contributed by atoms with Gasteiger partial charge >= 0.3 is 0 Å². The topological polar surface area (TPSA) is 92.4 Å². The predicted molar refractivity (Wildman–Crippen MR) is 144 cm³/mol. The van der Waals surface area contributed by atoms with Crippen molar-refractivity contribution in [1.29, 1.82) is 0 Å². The average Bonchev–Trinajstić information content (AvgIpc) is 2.87. The highest BCUT2D eigenvalue weighted by Crippen LogP contribution is 2.10. The van der Waals surface area contributed by atoms with Gasteiger partial charge in [0.15, 0.2) is 0 Å². The van der Waals surface area contributed by atoms with E-state index in [1.165, 1.54) is 11.1 Å². The van der Waals surface area contributed by atoms with E-state index in [0.717, 1.165) is 116 Å². The lowest BCUT2D eigenvalue weighted by Gasteiger charge is -2.27. The number of rotatable bonds is 0. The first-order valence-corrected chi connectivity index (χ1v) is 13.3.